The van der Waals surface area contributed by atoms with Gasteiger partial charge in [0.25, 0.3) is 0 Å². The second-order valence-electron chi connectivity index (χ2n) is 4.54. The Morgan fingerprint density at radius 2 is 2.00 bits per heavy atom. The van der Waals surface area contributed by atoms with Gasteiger partial charge in [0.05, 0.1) is 0 Å². The monoisotopic (exact) mass is 250 g/mol. The van der Waals surface area contributed by atoms with E-state index in [0.717, 1.165) is 5.56 Å². The average Bonchev–Trinajstić information content (AvgIpc) is 2.37. The van der Waals surface area contributed by atoms with Gasteiger partial charge in [-0.15, -0.1) is 0 Å². The van der Waals surface area contributed by atoms with Crippen LogP contribution in [0.3, 0.4) is 0 Å². The van der Waals surface area contributed by atoms with Crippen molar-refractivity contribution < 1.29 is 9.90 Å². The molecule has 0 aromatic heterocycles. The molecule has 0 saturated heterocycles. The third kappa shape index (κ3) is 5.29. The summed E-state index contributed by atoms with van der Waals surface area (Å²) in [6.07, 6.45) is 1.62. The first-order valence-electron chi connectivity index (χ1n) is 6.34. The zero-order chi connectivity index (χ0) is 13.4. The van der Waals surface area contributed by atoms with E-state index < -0.39 is 0 Å². The summed E-state index contributed by atoms with van der Waals surface area (Å²) >= 11 is 0. The van der Waals surface area contributed by atoms with Crippen LogP contribution in [0.1, 0.15) is 37.8 Å². The molecule has 4 nitrogen and oxygen atoms in total. The van der Waals surface area contributed by atoms with Crippen LogP contribution in [0.15, 0.2) is 30.3 Å². The van der Waals surface area contributed by atoms with Crippen molar-refractivity contribution in [3.63, 3.8) is 0 Å². The molecule has 4 N–H and O–H groups in total. The number of hydrogen-bond donors (Lipinski definition) is 3. The average molecular weight is 250 g/mol. The zero-order valence-electron chi connectivity index (χ0n) is 10.8. The molecule has 1 amide bonds. The van der Waals surface area contributed by atoms with Crippen LogP contribution < -0.4 is 11.1 Å². The lowest BCUT2D eigenvalue weighted by Gasteiger charge is -2.14. The molecule has 0 heterocycles. The highest BCUT2D eigenvalue weighted by Crippen LogP contribution is 2.14. The second-order valence-corrected chi connectivity index (χ2v) is 4.54. The third-order valence-corrected chi connectivity index (χ3v) is 2.88. The molecule has 0 saturated carbocycles. The minimum atomic E-state index is -0.106. The number of amides is 1. The Morgan fingerprint density at radius 1 is 1.33 bits per heavy atom. The van der Waals surface area contributed by atoms with E-state index in [0.29, 0.717) is 19.3 Å². The Morgan fingerprint density at radius 3 is 2.61 bits per heavy atom. The first kappa shape index (κ1) is 14.7. The number of hydrogen-bond acceptors (Lipinski definition) is 3. The van der Waals surface area contributed by atoms with Gasteiger partial charge in [-0.05, 0) is 25.3 Å². The predicted octanol–water partition coefficient (Wildman–Crippen LogP) is 1.35. The summed E-state index contributed by atoms with van der Waals surface area (Å²) in [6.45, 7) is 1.97. The minimum Gasteiger partial charge on any atom is -0.396 e. The smallest absolute Gasteiger partial charge is 0.220 e. The van der Waals surface area contributed by atoms with E-state index in [1.54, 1.807) is 0 Å². The van der Waals surface area contributed by atoms with Crippen molar-refractivity contribution in [2.24, 2.45) is 5.73 Å². The van der Waals surface area contributed by atoms with Crippen LogP contribution in [0.2, 0.25) is 0 Å². The maximum Gasteiger partial charge on any atom is 0.220 e. The van der Waals surface area contributed by atoms with E-state index >= 15 is 0 Å². The van der Waals surface area contributed by atoms with Gasteiger partial charge in [-0.3, -0.25) is 4.79 Å². The molecule has 4 heteroatoms. The highest BCUT2D eigenvalue weighted by molar-refractivity contribution is 5.76. The number of carbonyl (C=O) groups excluding carboxylic acids is 1. The number of nitrogens with two attached hydrogens (primary N) is 1. The van der Waals surface area contributed by atoms with E-state index in [1.165, 1.54) is 0 Å². The van der Waals surface area contributed by atoms with Crippen molar-refractivity contribution in [3.05, 3.63) is 35.9 Å². The molecule has 0 fully saturated rings. The van der Waals surface area contributed by atoms with Gasteiger partial charge < -0.3 is 16.2 Å². The van der Waals surface area contributed by atoms with E-state index in [-0.39, 0.29) is 24.6 Å². The largest absolute Gasteiger partial charge is 0.396 e. The Balaban J connectivity index is 2.30. The van der Waals surface area contributed by atoms with Gasteiger partial charge in [0.1, 0.15) is 0 Å². The topological polar surface area (TPSA) is 75.3 Å². The molecule has 1 aromatic carbocycles. The van der Waals surface area contributed by atoms with Crippen molar-refractivity contribution in [2.45, 2.75) is 38.3 Å². The molecule has 0 aliphatic carbocycles. The SMILES string of the molecule is CC(CCO)NC(=O)CCC(N)c1ccccc1. The molecule has 18 heavy (non-hydrogen) atoms. The quantitative estimate of drug-likeness (QED) is 0.684. The number of aliphatic hydroxyl groups excluding tert-OH is 1. The summed E-state index contributed by atoms with van der Waals surface area (Å²) < 4.78 is 0. The van der Waals surface area contributed by atoms with Gasteiger partial charge in [0, 0.05) is 25.1 Å². The van der Waals surface area contributed by atoms with Gasteiger partial charge in [-0.2, -0.15) is 0 Å². The van der Waals surface area contributed by atoms with Crippen molar-refractivity contribution in [1.29, 1.82) is 0 Å². The van der Waals surface area contributed by atoms with Crippen LogP contribution in [0.5, 0.6) is 0 Å². The molecule has 1 rings (SSSR count). The zero-order valence-corrected chi connectivity index (χ0v) is 10.8. The molecule has 0 aliphatic heterocycles. The van der Waals surface area contributed by atoms with Crippen molar-refractivity contribution in [1.82, 2.24) is 5.32 Å². The van der Waals surface area contributed by atoms with Crippen LogP contribution in [-0.4, -0.2) is 23.7 Å². The summed E-state index contributed by atoms with van der Waals surface area (Å²) in [7, 11) is 0. The van der Waals surface area contributed by atoms with Gasteiger partial charge in [0.15, 0.2) is 0 Å². The number of rotatable bonds is 7. The number of aliphatic hydroxyl groups is 1. The Bertz CT molecular complexity index is 354. The summed E-state index contributed by atoms with van der Waals surface area (Å²) in [5.74, 6) is -0.0117. The normalized spacial score (nSPS) is 13.9. The van der Waals surface area contributed by atoms with Crippen LogP contribution >= 0.6 is 0 Å². The first-order valence-corrected chi connectivity index (χ1v) is 6.34. The second kappa shape index (κ2) is 7.84. The maximum atomic E-state index is 11.6. The summed E-state index contributed by atoms with van der Waals surface area (Å²) in [5, 5.41) is 11.6. The molecule has 2 unspecified atom stereocenters. The van der Waals surface area contributed by atoms with Gasteiger partial charge in [-0.1, -0.05) is 30.3 Å². The lowest BCUT2D eigenvalue weighted by atomic mass is 10.0. The maximum absolute atomic E-state index is 11.6. The summed E-state index contributed by atoms with van der Waals surface area (Å²) in [4.78, 5) is 11.6. The van der Waals surface area contributed by atoms with Crippen molar-refractivity contribution >= 4 is 5.91 Å². The molecular formula is C14H22N2O2. The number of benzene rings is 1. The van der Waals surface area contributed by atoms with Crippen LogP contribution in [0.25, 0.3) is 0 Å². The Labute approximate surface area is 108 Å². The van der Waals surface area contributed by atoms with Gasteiger partial charge >= 0.3 is 0 Å². The highest BCUT2D eigenvalue weighted by Gasteiger charge is 2.10. The molecule has 0 radical (unpaired) electrons. The molecule has 1 aromatic rings. The van der Waals surface area contributed by atoms with Gasteiger partial charge in [0.2, 0.25) is 5.91 Å². The predicted molar refractivity (Wildman–Crippen MR) is 71.9 cm³/mol. The summed E-state index contributed by atoms with van der Waals surface area (Å²) in [5.41, 5.74) is 7.06. The van der Waals surface area contributed by atoms with E-state index in [4.69, 9.17) is 10.8 Å². The third-order valence-electron chi connectivity index (χ3n) is 2.88. The first-order chi connectivity index (χ1) is 8.63. The Hall–Kier alpha value is -1.39. The highest BCUT2D eigenvalue weighted by atomic mass is 16.3. The summed E-state index contributed by atoms with van der Waals surface area (Å²) in [6, 6.07) is 9.67. The van der Waals surface area contributed by atoms with Crippen LogP contribution in [-0.2, 0) is 4.79 Å². The minimum absolute atomic E-state index is 0.00968. The van der Waals surface area contributed by atoms with Gasteiger partial charge in [-0.25, -0.2) is 0 Å². The van der Waals surface area contributed by atoms with E-state index in [9.17, 15) is 4.79 Å². The molecule has 2 atom stereocenters. The fourth-order valence-electron chi connectivity index (χ4n) is 1.77. The van der Waals surface area contributed by atoms with Crippen LogP contribution in [0, 0.1) is 0 Å². The lowest BCUT2D eigenvalue weighted by molar-refractivity contribution is -0.121. The number of nitrogens with one attached hydrogen (secondary N) is 1. The fraction of sp³-hybridized carbons (Fsp3) is 0.500. The molecule has 0 aliphatic rings. The lowest BCUT2D eigenvalue weighted by Crippen LogP contribution is -2.33. The van der Waals surface area contributed by atoms with E-state index in [1.807, 2.05) is 37.3 Å². The molecule has 0 bridgehead atoms. The Kier molecular flexibility index (Phi) is 6.39. The molecule has 100 valence electrons. The molecule has 0 spiro atoms. The standard InChI is InChI=1S/C14H22N2O2/c1-11(9-10-17)16-14(18)8-7-13(15)12-5-3-2-4-6-12/h2-6,11,13,17H,7-10,15H2,1H3,(H,16,18). The van der Waals surface area contributed by atoms with Crippen LogP contribution in [0.4, 0.5) is 0 Å². The molecular weight excluding hydrogens is 228 g/mol. The fourth-order valence-corrected chi connectivity index (χ4v) is 1.77. The van der Waals surface area contributed by atoms with Crippen molar-refractivity contribution in [3.8, 4) is 0 Å². The van der Waals surface area contributed by atoms with Crippen molar-refractivity contribution in [2.75, 3.05) is 6.61 Å². The van der Waals surface area contributed by atoms with E-state index in [2.05, 4.69) is 5.32 Å². The number of carbonyl (C=O) groups is 1.